The van der Waals surface area contributed by atoms with E-state index in [-0.39, 0.29) is 0 Å². The van der Waals surface area contributed by atoms with Crippen molar-refractivity contribution in [2.45, 2.75) is 39.8 Å². The number of hydrogen-bond donors (Lipinski definition) is 1. The Bertz CT molecular complexity index is 543. The van der Waals surface area contributed by atoms with Gasteiger partial charge in [0, 0.05) is 17.6 Å². The molecule has 0 radical (unpaired) electrons. The van der Waals surface area contributed by atoms with Gasteiger partial charge in [0.05, 0.1) is 0 Å². The van der Waals surface area contributed by atoms with Gasteiger partial charge >= 0.3 is 0 Å². The van der Waals surface area contributed by atoms with Crippen molar-refractivity contribution in [3.63, 3.8) is 0 Å². The molecule has 2 aromatic rings. The summed E-state index contributed by atoms with van der Waals surface area (Å²) in [5.41, 5.74) is 4.00. The predicted molar refractivity (Wildman–Crippen MR) is 91.7 cm³/mol. The smallest absolute Gasteiger partial charge is 0.0406 e. The molecule has 0 aliphatic heterocycles. The fourth-order valence-corrected chi connectivity index (χ4v) is 2.53. The van der Waals surface area contributed by atoms with E-state index in [1.807, 2.05) is 12.1 Å². The van der Waals surface area contributed by atoms with Crippen molar-refractivity contribution >= 4 is 11.6 Å². The molecule has 112 valence electrons. The quantitative estimate of drug-likeness (QED) is 0.754. The van der Waals surface area contributed by atoms with Gasteiger partial charge in [0.2, 0.25) is 0 Å². The molecule has 0 aromatic heterocycles. The standard InChI is InChI=1S/C19H24ClN/c1-14(2)12-16-4-6-17(7-5-16)13-21-15(3)18-8-10-19(20)11-9-18/h4-11,14-15,21H,12-13H2,1-3H3. The number of benzene rings is 2. The molecule has 0 bridgehead atoms. The van der Waals surface area contributed by atoms with Crippen LogP contribution in [0.5, 0.6) is 0 Å². The van der Waals surface area contributed by atoms with E-state index in [0.29, 0.717) is 12.0 Å². The fraction of sp³-hybridized carbons (Fsp3) is 0.368. The third kappa shape index (κ3) is 5.18. The highest BCUT2D eigenvalue weighted by atomic mass is 35.5. The molecule has 0 spiro atoms. The molecule has 0 saturated carbocycles. The topological polar surface area (TPSA) is 12.0 Å². The summed E-state index contributed by atoms with van der Waals surface area (Å²) < 4.78 is 0. The van der Waals surface area contributed by atoms with Crippen LogP contribution in [-0.4, -0.2) is 0 Å². The van der Waals surface area contributed by atoms with Gasteiger partial charge in [-0.1, -0.05) is 61.8 Å². The third-order valence-corrected chi connectivity index (χ3v) is 3.90. The molecule has 0 saturated heterocycles. The van der Waals surface area contributed by atoms with Gasteiger partial charge in [0.1, 0.15) is 0 Å². The number of hydrogen-bond acceptors (Lipinski definition) is 1. The van der Waals surface area contributed by atoms with Gasteiger partial charge in [-0.25, -0.2) is 0 Å². The van der Waals surface area contributed by atoms with E-state index in [1.165, 1.54) is 16.7 Å². The number of halogens is 1. The van der Waals surface area contributed by atoms with Crippen molar-refractivity contribution in [1.29, 1.82) is 0 Å². The van der Waals surface area contributed by atoms with Gasteiger partial charge in [0.15, 0.2) is 0 Å². The SMILES string of the molecule is CC(C)Cc1ccc(CNC(C)c2ccc(Cl)cc2)cc1. The second kappa shape index (κ2) is 7.63. The molecule has 0 fully saturated rings. The van der Waals surface area contributed by atoms with Gasteiger partial charge in [-0.05, 0) is 48.1 Å². The maximum absolute atomic E-state index is 5.92. The summed E-state index contributed by atoms with van der Waals surface area (Å²) >= 11 is 5.92. The first-order valence-electron chi connectivity index (χ1n) is 7.61. The lowest BCUT2D eigenvalue weighted by Crippen LogP contribution is -2.18. The van der Waals surface area contributed by atoms with Gasteiger partial charge in [-0.15, -0.1) is 0 Å². The minimum atomic E-state index is 0.317. The van der Waals surface area contributed by atoms with Gasteiger partial charge < -0.3 is 5.32 Å². The molecule has 2 rings (SSSR count). The van der Waals surface area contributed by atoms with E-state index >= 15 is 0 Å². The molecule has 0 aliphatic rings. The second-order valence-corrected chi connectivity index (χ2v) is 6.51. The lowest BCUT2D eigenvalue weighted by molar-refractivity contribution is 0.574. The highest BCUT2D eigenvalue weighted by Crippen LogP contribution is 2.17. The van der Waals surface area contributed by atoms with Gasteiger partial charge in [-0.2, -0.15) is 0 Å². The summed E-state index contributed by atoms with van der Waals surface area (Å²) in [7, 11) is 0. The summed E-state index contributed by atoms with van der Waals surface area (Å²) in [6.45, 7) is 7.56. The molecule has 0 heterocycles. The Labute approximate surface area is 133 Å². The third-order valence-electron chi connectivity index (χ3n) is 3.65. The first-order valence-corrected chi connectivity index (χ1v) is 7.99. The highest BCUT2D eigenvalue weighted by Gasteiger charge is 2.05. The monoisotopic (exact) mass is 301 g/mol. The first kappa shape index (κ1) is 16.1. The Balaban J connectivity index is 1.88. The fourth-order valence-electron chi connectivity index (χ4n) is 2.40. The lowest BCUT2D eigenvalue weighted by Gasteiger charge is -2.15. The van der Waals surface area contributed by atoms with Crippen LogP contribution in [0.2, 0.25) is 5.02 Å². The zero-order chi connectivity index (χ0) is 15.2. The zero-order valence-electron chi connectivity index (χ0n) is 13.1. The number of nitrogens with one attached hydrogen (secondary N) is 1. The van der Waals surface area contributed by atoms with Crippen LogP contribution in [0.4, 0.5) is 0 Å². The van der Waals surface area contributed by atoms with E-state index in [4.69, 9.17) is 11.6 Å². The van der Waals surface area contributed by atoms with E-state index < -0.39 is 0 Å². The zero-order valence-corrected chi connectivity index (χ0v) is 13.8. The average molecular weight is 302 g/mol. The van der Waals surface area contributed by atoms with E-state index in [0.717, 1.165) is 18.0 Å². The summed E-state index contributed by atoms with van der Waals surface area (Å²) in [5, 5.41) is 4.34. The minimum Gasteiger partial charge on any atom is -0.306 e. The molecule has 2 aromatic carbocycles. The van der Waals surface area contributed by atoms with Crippen LogP contribution in [0.1, 0.15) is 43.5 Å². The summed E-state index contributed by atoms with van der Waals surface area (Å²) in [6.07, 6.45) is 1.15. The van der Waals surface area contributed by atoms with Crippen LogP contribution in [0.25, 0.3) is 0 Å². The van der Waals surface area contributed by atoms with Crippen molar-refractivity contribution < 1.29 is 0 Å². The maximum atomic E-state index is 5.92. The van der Waals surface area contributed by atoms with E-state index in [2.05, 4.69) is 62.5 Å². The molecule has 1 N–H and O–H groups in total. The summed E-state index contributed by atoms with van der Waals surface area (Å²) in [4.78, 5) is 0. The largest absolute Gasteiger partial charge is 0.306 e. The molecule has 2 heteroatoms. The first-order chi connectivity index (χ1) is 10.0. The molecule has 1 nitrogen and oxygen atoms in total. The van der Waals surface area contributed by atoms with Crippen molar-refractivity contribution in [3.05, 3.63) is 70.2 Å². The van der Waals surface area contributed by atoms with Gasteiger partial charge in [0.25, 0.3) is 0 Å². The summed E-state index contributed by atoms with van der Waals surface area (Å²) in [5.74, 6) is 0.707. The normalized spacial score (nSPS) is 12.6. The van der Waals surface area contributed by atoms with Crippen molar-refractivity contribution in [1.82, 2.24) is 5.32 Å². The molecule has 0 aliphatic carbocycles. The average Bonchev–Trinajstić information content (AvgIpc) is 2.46. The lowest BCUT2D eigenvalue weighted by atomic mass is 10.0. The Morgan fingerprint density at radius 2 is 1.43 bits per heavy atom. The number of rotatable bonds is 6. The van der Waals surface area contributed by atoms with Crippen LogP contribution in [0, 0.1) is 5.92 Å². The highest BCUT2D eigenvalue weighted by molar-refractivity contribution is 6.30. The van der Waals surface area contributed by atoms with Crippen LogP contribution in [0.15, 0.2) is 48.5 Å². The Hall–Kier alpha value is -1.31. The maximum Gasteiger partial charge on any atom is 0.0406 e. The molecule has 0 amide bonds. The molecular weight excluding hydrogens is 278 g/mol. The van der Waals surface area contributed by atoms with Crippen LogP contribution in [-0.2, 0) is 13.0 Å². The molecule has 21 heavy (non-hydrogen) atoms. The van der Waals surface area contributed by atoms with Crippen LogP contribution < -0.4 is 5.32 Å². The summed E-state index contributed by atoms with van der Waals surface area (Å²) in [6, 6.07) is 17.3. The van der Waals surface area contributed by atoms with E-state index in [1.54, 1.807) is 0 Å². The van der Waals surface area contributed by atoms with Crippen molar-refractivity contribution in [2.75, 3.05) is 0 Å². The van der Waals surface area contributed by atoms with Crippen LogP contribution >= 0.6 is 11.6 Å². The Kier molecular flexibility index (Phi) is 5.84. The Morgan fingerprint density at radius 1 is 0.857 bits per heavy atom. The Morgan fingerprint density at radius 3 is 2.00 bits per heavy atom. The van der Waals surface area contributed by atoms with Crippen LogP contribution in [0.3, 0.4) is 0 Å². The molecular formula is C19H24ClN. The van der Waals surface area contributed by atoms with E-state index in [9.17, 15) is 0 Å². The molecule has 1 unspecified atom stereocenters. The van der Waals surface area contributed by atoms with Crippen molar-refractivity contribution in [2.24, 2.45) is 5.92 Å². The molecule has 1 atom stereocenters. The second-order valence-electron chi connectivity index (χ2n) is 6.07. The minimum absolute atomic E-state index is 0.317. The predicted octanol–water partition coefficient (Wildman–Crippen LogP) is 5.39. The van der Waals surface area contributed by atoms with Crippen molar-refractivity contribution in [3.8, 4) is 0 Å². The van der Waals surface area contributed by atoms with Gasteiger partial charge in [-0.3, -0.25) is 0 Å².